The van der Waals surface area contributed by atoms with Crippen LogP contribution in [0.5, 0.6) is 0 Å². The smallest absolute Gasteiger partial charge is 0.191 e. The first-order chi connectivity index (χ1) is 12.1. The van der Waals surface area contributed by atoms with Gasteiger partial charge in [0.1, 0.15) is 5.01 Å². The number of nitrogens with one attached hydrogen (secondary N) is 2. The van der Waals surface area contributed by atoms with E-state index in [1.165, 1.54) is 11.3 Å². The third-order valence-corrected chi connectivity index (χ3v) is 5.09. The Labute approximate surface area is 179 Å². The Kier molecular flexibility index (Phi) is 11.7. The summed E-state index contributed by atoms with van der Waals surface area (Å²) in [5.74, 6) is 1.55. The normalized spacial score (nSPS) is 17.0. The molecule has 0 aromatic carbocycles. The first-order valence-corrected chi connectivity index (χ1v) is 10.2. The number of aliphatic imine (C=N–C) groups is 1. The molecule has 2 N–H and O–H groups in total. The predicted molar refractivity (Wildman–Crippen MR) is 121 cm³/mol. The second kappa shape index (κ2) is 12.9. The zero-order valence-corrected chi connectivity index (χ0v) is 19.6. The van der Waals surface area contributed by atoms with Crippen LogP contribution in [-0.4, -0.2) is 61.3 Å². The molecule has 0 spiro atoms. The summed E-state index contributed by atoms with van der Waals surface area (Å²) in [7, 11) is 0. The summed E-state index contributed by atoms with van der Waals surface area (Å²) in [5.41, 5.74) is 0. The lowest BCUT2D eigenvalue weighted by atomic mass is 10.0. The van der Waals surface area contributed by atoms with E-state index in [1.54, 1.807) is 11.3 Å². The fourth-order valence-corrected chi connectivity index (χ4v) is 3.74. The quantitative estimate of drug-likeness (QED) is 0.330. The molecule has 1 fully saturated rings. The number of hydrogen-bond donors (Lipinski definition) is 2. The van der Waals surface area contributed by atoms with Crippen LogP contribution in [0.1, 0.15) is 37.1 Å². The van der Waals surface area contributed by atoms with Gasteiger partial charge in [-0.05, 0) is 26.2 Å². The van der Waals surface area contributed by atoms with Gasteiger partial charge in [-0.1, -0.05) is 13.8 Å². The molecule has 8 heteroatoms. The topological polar surface area (TPSA) is 61.8 Å². The van der Waals surface area contributed by atoms with Gasteiger partial charge in [-0.3, -0.25) is 4.90 Å². The number of aryl methyl sites for hydroxylation is 1. The Hall–Kier alpha value is -0.450. The largest absolute Gasteiger partial charge is 0.379 e. The van der Waals surface area contributed by atoms with E-state index < -0.39 is 0 Å². The molecule has 1 aromatic heterocycles. The summed E-state index contributed by atoms with van der Waals surface area (Å²) in [6.07, 6.45) is 3.09. The SMILES string of the molecule is CCNC(=NCc1ncc(C)s1)NCC(CC(C)C)N1CCOCC1.I. The third-order valence-electron chi connectivity index (χ3n) is 4.20. The van der Waals surface area contributed by atoms with E-state index in [-0.39, 0.29) is 24.0 Å². The van der Waals surface area contributed by atoms with Gasteiger partial charge < -0.3 is 15.4 Å². The summed E-state index contributed by atoms with van der Waals surface area (Å²) >= 11 is 1.71. The molecular formula is C18H34IN5OS. The molecule has 150 valence electrons. The fourth-order valence-electron chi connectivity index (χ4n) is 3.03. The van der Waals surface area contributed by atoms with Gasteiger partial charge in [0.05, 0.1) is 19.8 Å². The first kappa shape index (κ1) is 23.6. The van der Waals surface area contributed by atoms with Crippen LogP contribution in [0.3, 0.4) is 0 Å². The van der Waals surface area contributed by atoms with Crippen LogP contribution in [0.4, 0.5) is 0 Å². The Morgan fingerprint density at radius 2 is 2.08 bits per heavy atom. The van der Waals surface area contributed by atoms with E-state index in [9.17, 15) is 0 Å². The minimum Gasteiger partial charge on any atom is -0.379 e. The minimum absolute atomic E-state index is 0. The summed E-state index contributed by atoms with van der Waals surface area (Å²) in [5, 5.41) is 7.93. The highest BCUT2D eigenvalue weighted by molar-refractivity contribution is 14.0. The van der Waals surface area contributed by atoms with E-state index in [2.05, 4.69) is 48.2 Å². The van der Waals surface area contributed by atoms with Gasteiger partial charge in [-0.2, -0.15) is 0 Å². The van der Waals surface area contributed by atoms with Crippen LogP contribution in [-0.2, 0) is 11.3 Å². The number of nitrogens with zero attached hydrogens (tertiary/aromatic N) is 3. The maximum absolute atomic E-state index is 5.50. The molecule has 0 aliphatic carbocycles. The van der Waals surface area contributed by atoms with Crippen LogP contribution < -0.4 is 10.6 Å². The molecule has 0 amide bonds. The summed E-state index contributed by atoms with van der Waals surface area (Å²) in [6.45, 7) is 14.9. The van der Waals surface area contributed by atoms with Crippen molar-refractivity contribution in [2.45, 2.75) is 46.7 Å². The highest BCUT2D eigenvalue weighted by atomic mass is 127. The Balaban J connectivity index is 0.00000338. The van der Waals surface area contributed by atoms with Gasteiger partial charge in [0.2, 0.25) is 0 Å². The number of rotatable bonds is 8. The molecule has 1 aliphatic rings. The van der Waals surface area contributed by atoms with Crippen LogP contribution >= 0.6 is 35.3 Å². The summed E-state index contributed by atoms with van der Waals surface area (Å²) in [6, 6.07) is 0.509. The zero-order valence-electron chi connectivity index (χ0n) is 16.5. The van der Waals surface area contributed by atoms with Gasteiger partial charge in [-0.25, -0.2) is 9.98 Å². The van der Waals surface area contributed by atoms with Crippen molar-refractivity contribution >= 4 is 41.3 Å². The van der Waals surface area contributed by atoms with E-state index in [0.29, 0.717) is 18.5 Å². The fraction of sp³-hybridized carbons (Fsp3) is 0.778. The number of hydrogen-bond acceptors (Lipinski definition) is 5. The Morgan fingerprint density at radius 3 is 2.65 bits per heavy atom. The van der Waals surface area contributed by atoms with Gasteiger partial charge >= 0.3 is 0 Å². The summed E-state index contributed by atoms with van der Waals surface area (Å²) < 4.78 is 5.50. The number of thiazole rings is 1. The van der Waals surface area contributed by atoms with Crippen LogP contribution in [0, 0.1) is 12.8 Å². The maximum atomic E-state index is 5.50. The van der Waals surface area contributed by atoms with Crippen molar-refractivity contribution < 1.29 is 4.74 Å². The second-order valence-corrected chi connectivity index (χ2v) is 8.19. The highest BCUT2D eigenvalue weighted by Gasteiger charge is 2.22. The maximum Gasteiger partial charge on any atom is 0.191 e. The molecular weight excluding hydrogens is 461 g/mol. The minimum atomic E-state index is 0. The first-order valence-electron chi connectivity index (χ1n) is 9.33. The molecule has 1 aliphatic heterocycles. The van der Waals surface area contributed by atoms with Crippen molar-refractivity contribution in [1.82, 2.24) is 20.5 Å². The van der Waals surface area contributed by atoms with Gasteiger partial charge in [0.15, 0.2) is 5.96 Å². The lowest BCUT2D eigenvalue weighted by Crippen LogP contribution is -2.51. The average Bonchev–Trinajstić information content (AvgIpc) is 3.02. The number of ether oxygens (including phenoxy) is 1. The second-order valence-electron chi connectivity index (χ2n) is 6.87. The third kappa shape index (κ3) is 8.49. The van der Waals surface area contributed by atoms with Crippen molar-refractivity contribution in [3.63, 3.8) is 0 Å². The van der Waals surface area contributed by atoms with Gasteiger partial charge in [0, 0.05) is 43.3 Å². The standard InChI is InChI=1S/C18H33N5OS.HI/c1-5-19-18(22-13-17-20-11-15(4)25-17)21-12-16(10-14(2)3)23-6-8-24-9-7-23;/h11,14,16H,5-10,12-13H2,1-4H3,(H2,19,21,22);1H. The molecule has 1 unspecified atom stereocenters. The molecule has 2 rings (SSSR count). The van der Waals surface area contributed by atoms with Crippen molar-refractivity contribution in [1.29, 1.82) is 0 Å². The molecule has 0 bridgehead atoms. The van der Waals surface area contributed by atoms with E-state index >= 15 is 0 Å². The molecule has 0 radical (unpaired) electrons. The molecule has 1 atom stereocenters. The molecule has 0 saturated carbocycles. The zero-order chi connectivity index (χ0) is 18.1. The number of aromatic nitrogens is 1. The average molecular weight is 495 g/mol. The molecule has 26 heavy (non-hydrogen) atoms. The van der Waals surface area contributed by atoms with Crippen molar-refractivity contribution in [2.75, 3.05) is 39.4 Å². The molecule has 1 saturated heterocycles. The van der Waals surface area contributed by atoms with Crippen molar-refractivity contribution in [3.05, 3.63) is 16.1 Å². The van der Waals surface area contributed by atoms with Crippen molar-refractivity contribution in [3.8, 4) is 0 Å². The Morgan fingerprint density at radius 1 is 1.35 bits per heavy atom. The van der Waals surface area contributed by atoms with Crippen LogP contribution in [0.25, 0.3) is 0 Å². The van der Waals surface area contributed by atoms with E-state index in [1.807, 2.05) is 6.20 Å². The number of morpholine rings is 1. The Bertz CT molecular complexity index is 531. The van der Waals surface area contributed by atoms with Crippen molar-refractivity contribution in [2.24, 2.45) is 10.9 Å². The van der Waals surface area contributed by atoms with Crippen LogP contribution in [0.15, 0.2) is 11.2 Å². The lowest BCUT2D eigenvalue weighted by molar-refractivity contribution is 0.0132. The van der Waals surface area contributed by atoms with E-state index in [0.717, 1.165) is 50.4 Å². The number of halogens is 1. The summed E-state index contributed by atoms with van der Waals surface area (Å²) in [4.78, 5) is 12.9. The van der Waals surface area contributed by atoms with Gasteiger partial charge in [0.25, 0.3) is 0 Å². The van der Waals surface area contributed by atoms with Crippen LogP contribution in [0.2, 0.25) is 0 Å². The predicted octanol–water partition coefficient (Wildman–Crippen LogP) is 2.87. The number of guanidine groups is 1. The lowest BCUT2D eigenvalue weighted by Gasteiger charge is -2.35. The van der Waals surface area contributed by atoms with Gasteiger partial charge in [-0.15, -0.1) is 35.3 Å². The molecule has 2 heterocycles. The molecule has 1 aromatic rings. The monoisotopic (exact) mass is 495 g/mol. The molecule has 6 nitrogen and oxygen atoms in total. The highest BCUT2D eigenvalue weighted by Crippen LogP contribution is 2.13. The van der Waals surface area contributed by atoms with E-state index in [4.69, 9.17) is 9.73 Å².